The van der Waals surface area contributed by atoms with Gasteiger partial charge in [-0.2, -0.15) is 0 Å². The van der Waals surface area contributed by atoms with Crippen molar-refractivity contribution < 1.29 is 0 Å². The highest BCUT2D eigenvalue weighted by atomic mass is 15.1. The summed E-state index contributed by atoms with van der Waals surface area (Å²) in [6.45, 7) is 12.1. The number of hydrogen-bond donors (Lipinski definition) is 0. The fraction of sp³-hybridized carbons (Fsp3) is 0.333. The van der Waals surface area contributed by atoms with Crippen molar-refractivity contribution in [2.45, 2.75) is 27.3 Å². The van der Waals surface area contributed by atoms with Crippen LogP contribution in [-0.4, -0.2) is 18.5 Å². The topological polar surface area (TPSA) is 3.24 Å². The van der Waals surface area contributed by atoms with E-state index in [2.05, 4.69) is 93.6 Å². The van der Waals surface area contributed by atoms with Gasteiger partial charge in [0, 0.05) is 24.1 Å². The summed E-state index contributed by atoms with van der Waals surface area (Å²) in [7, 11) is 2.12. The molecule has 0 saturated heterocycles. The first-order valence-electron chi connectivity index (χ1n) is 7.71. The molecule has 0 radical (unpaired) electrons. The lowest BCUT2D eigenvalue weighted by Crippen LogP contribution is -2.20. The molecular formula is C21H25N. The molecule has 0 aliphatic heterocycles. The van der Waals surface area contributed by atoms with E-state index < -0.39 is 0 Å². The van der Waals surface area contributed by atoms with Gasteiger partial charge in [0.15, 0.2) is 0 Å². The fourth-order valence-corrected chi connectivity index (χ4v) is 2.42. The second kappa shape index (κ2) is 6.81. The van der Waals surface area contributed by atoms with Crippen LogP contribution in [0.25, 0.3) is 10.8 Å². The van der Waals surface area contributed by atoms with Gasteiger partial charge in [-0.25, -0.2) is 0 Å². The van der Waals surface area contributed by atoms with E-state index in [-0.39, 0.29) is 5.41 Å². The average Bonchev–Trinajstić information content (AvgIpc) is 2.45. The molecule has 0 unspecified atom stereocenters. The molecule has 2 aromatic rings. The highest BCUT2D eigenvalue weighted by Gasteiger charge is 2.06. The van der Waals surface area contributed by atoms with Crippen LogP contribution in [0.5, 0.6) is 0 Å². The third-order valence-corrected chi connectivity index (χ3v) is 3.40. The molecule has 0 aromatic heterocycles. The molecule has 1 nitrogen and oxygen atoms in total. The number of fused-ring (bicyclic) bond motifs is 1. The van der Waals surface area contributed by atoms with Crippen LogP contribution in [0.1, 0.15) is 26.3 Å². The molecular weight excluding hydrogens is 266 g/mol. The summed E-state index contributed by atoms with van der Waals surface area (Å²) in [4.78, 5) is 2.27. The lowest BCUT2D eigenvalue weighted by Gasteiger charge is -2.18. The molecule has 2 rings (SSSR count). The highest BCUT2D eigenvalue weighted by molar-refractivity contribution is 5.85. The zero-order valence-corrected chi connectivity index (χ0v) is 14.1. The largest absolute Gasteiger partial charge is 0.297 e. The molecule has 114 valence electrons. The molecule has 0 atom stereocenters. The van der Waals surface area contributed by atoms with E-state index in [4.69, 9.17) is 0 Å². The van der Waals surface area contributed by atoms with Gasteiger partial charge in [0.25, 0.3) is 0 Å². The smallest absolute Gasteiger partial charge is 0.0308 e. The van der Waals surface area contributed by atoms with Gasteiger partial charge in [-0.1, -0.05) is 60.9 Å². The average molecular weight is 291 g/mol. The normalized spacial score (nSPS) is 11.3. The molecule has 0 amide bonds. The van der Waals surface area contributed by atoms with Crippen molar-refractivity contribution in [2.24, 2.45) is 5.41 Å². The maximum Gasteiger partial charge on any atom is 0.0308 e. The third kappa shape index (κ3) is 4.76. The maximum atomic E-state index is 4.09. The summed E-state index contributed by atoms with van der Waals surface area (Å²) < 4.78 is 0. The minimum Gasteiger partial charge on any atom is -0.297 e. The second-order valence-electron chi connectivity index (χ2n) is 6.91. The number of likely N-dealkylation sites (N-methyl/N-ethyl adjacent to an activating group) is 1. The molecule has 22 heavy (non-hydrogen) atoms. The van der Waals surface area contributed by atoms with E-state index in [0.717, 1.165) is 18.7 Å². The Bertz CT molecular complexity index is 717. The molecule has 0 heterocycles. The number of hydrogen-bond acceptors (Lipinski definition) is 1. The summed E-state index contributed by atoms with van der Waals surface area (Å²) in [5, 5.41) is 2.61. The van der Waals surface area contributed by atoms with Gasteiger partial charge in [0.05, 0.1) is 0 Å². The van der Waals surface area contributed by atoms with Crippen molar-refractivity contribution in [3.63, 3.8) is 0 Å². The summed E-state index contributed by atoms with van der Waals surface area (Å²) in [5.74, 6) is 6.43. The Hall–Kier alpha value is -2.04. The van der Waals surface area contributed by atoms with Gasteiger partial charge in [0.2, 0.25) is 0 Å². The van der Waals surface area contributed by atoms with E-state index in [1.54, 1.807) is 0 Å². The van der Waals surface area contributed by atoms with Gasteiger partial charge >= 0.3 is 0 Å². The van der Waals surface area contributed by atoms with Crippen LogP contribution in [0.3, 0.4) is 0 Å². The molecule has 0 aliphatic rings. The monoisotopic (exact) mass is 291 g/mol. The quantitative estimate of drug-likeness (QED) is 0.726. The lowest BCUT2D eigenvalue weighted by molar-refractivity contribution is 0.360. The molecule has 0 bridgehead atoms. The Balaban J connectivity index is 2.06. The van der Waals surface area contributed by atoms with E-state index >= 15 is 0 Å². The highest BCUT2D eigenvalue weighted by Crippen LogP contribution is 2.19. The van der Waals surface area contributed by atoms with Gasteiger partial charge in [0.1, 0.15) is 0 Å². The van der Waals surface area contributed by atoms with E-state index in [0.29, 0.717) is 0 Å². The Morgan fingerprint density at radius 1 is 1.09 bits per heavy atom. The Morgan fingerprint density at radius 3 is 2.50 bits per heavy atom. The first-order chi connectivity index (χ1) is 10.3. The Morgan fingerprint density at radius 2 is 1.77 bits per heavy atom. The van der Waals surface area contributed by atoms with Crippen LogP contribution < -0.4 is 0 Å². The van der Waals surface area contributed by atoms with Crippen LogP contribution in [-0.2, 0) is 6.54 Å². The molecule has 0 fully saturated rings. The summed E-state index contributed by atoms with van der Waals surface area (Å²) in [6.07, 6.45) is 0. The Kier molecular flexibility index (Phi) is 5.06. The predicted molar refractivity (Wildman–Crippen MR) is 96.7 cm³/mol. The second-order valence-corrected chi connectivity index (χ2v) is 6.91. The first kappa shape index (κ1) is 16.3. The molecule has 2 aromatic carbocycles. The van der Waals surface area contributed by atoms with Crippen LogP contribution in [0, 0.1) is 17.3 Å². The van der Waals surface area contributed by atoms with Gasteiger partial charge < -0.3 is 0 Å². The number of rotatable bonds is 4. The molecule has 0 saturated carbocycles. The SMILES string of the molecule is C=C(C#CC(C)(C)C)CN(C)Cc1cccc2ccccc12. The van der Waals surface area contributed by atoms with Crippen molar-refractivity contribution >= 4 is 10.8 Å². The minimum absolute atomic E-state index is 0.0249. The fourth-order valence-electron chi connectivity index (χ4n) is 2.42. The van der Waals surface area contributed by atoms with Crippen LogP contribution in [0.15, 0.2) is 54.6 Å². The van der Waals surface area contributed by atoms with Crippen LogP contribution >= 0.6 is 0 Å². The van der Waals surface area contributed by atoms with Gasteiger partial charge in [-0.3, -0.25) is 4.90 Å². The number of nitrogens with zero attached hydrogens (tertiary/aromatic N) is 1. The van der Waals surface area contributed by atoms with Crippen molar-refractivity contribution in [2.75, 3.05) is 13.6 Å². The van der Waals surface area contributed by atoms with Crippen molar-refractivity contribution in [3.8, 4) is 11.8 Å². The van der Waals surface area contributed by atoms with Crippen LogP contribution in [0.4, 0.5) is 0 Å². The van der Waals surface area contributed by atoms with E-state index in [1.807, 2.05) is 0 Å². The van der Waals surface area contributed by atoms with E-state index in [1.165, 1.54) is 16.3 Å². The zero-order chi connectivity index (χ0) is 16.2. The first-order valence-corrected chi connectivity index (χ1v) is 7.71. The minimum atomic E-state index is 0.0249. The molecule has 0 spiro atoms. The maximum absolute atomic E-state index is 4.09. The van der Waals surface area contributed by atoms with Crippen molar-refractivity contribution in [1.29, 1.82) is 0 Å². The summed E-state index contributed by atoms with van der Waals surface area (Å²) in [5.41, 5.74) is 2.34. The predicted octanol–water partition coefficient (Wildman–Crippen LogP) is 4.88. The molecule has 0 N–H and O–H groups in total. The summed E-state index contributed by atoms with van der Waals surface area (Å²) >= 11 is 0. The van der Waals surface area contributed by atoms with Crippen LogP contribution in [0.2, 0.25) is 0 Å². The molecule has 0 aliphatic carbocycles. The summed E-state index contributed by atoms with van der Waals surface area (Å²) in [6, 6.07) is 15.0. The van der Waals surface area contributed by atoms with E-state index in [9.17, 15) is 0 Å². The standard InChI is InChI=1S/C21H25N/c1-17(13-14-21(2,3)4)15-22(5)16-19-11-8-10-18-9-6-7-12-20(18)19/h6-12H,1,15-16H2,2-5H3. The van der Waals surface area contributed by atoms with Crippen molar-refractivity contribution in [3.05, 3.63) is 60.2 Å². The zero-order valence-electron chi connectivity index (χ0n) is 14.1. The van der Waals surface area contributed by atoms with Crippen molar-refractivity contribution in [1.82, 2.24) is 4.90 Å². The van der Waals surface area contributed by atoms with Gasteiger partial charge in [-0.05, 0) is 44.2 Å². The van der Waals surface area contributed by atoms with Gasteiger partial charge in [-0.15, -0.1) is 0 Å². The number of benzene rings is 2. The Labute approximate surface area is 134 Å². The lowest BCUT2D eigenvalue weighted by atomic mass is 9.97. The third-order valence-electron chi connectivity index (χ3n) is 3.40. The molecule has 1 heteroatoms.